The number of carboxylic acids is 1. The molecular weight excluding hydrogens is 376 g/mol. The first-order valence-corrected chi connectivity index (χ1v) is 11.1. The quantitative estimate of drug-likeness (QED) is 0.171. The third-order valence-electron chi connectivity index (χ3n) is 4.18. The highest BCUT2D eigenvalue weighted by Crippen LogP contribution is 2.13. The molecule has 0 radical (unpaired) electrons. The number of hydrogen-bond acceptors (Lipinski definition) is 6. The molecule has 158 valence electrons. The lowest BCUT2D eigenvalue weighted by Gasteiger charge is -2.10. The van der Waals surface area contributed by atoms with Crippen molar-refractivity contribution in [1.29, 1.82) is 0 Å². The zero-order valence-corrected chi connectivity index (χ0v) is 16.8. The largest absolute Gasteiger partial charge is 0.481 e. The molecule has 9 heteroatoms. The van der Waals surface area contributed by atoms with Crippen LogP contribution in [0.3, 0.4) is 0 Å². The summed E-state index contributed by atoms with van der Waals surface area (Å²) in [6, 6.07) is 0. The van der Waals surface area contributed by atoms with Gasteiger partial charge in [-0.15, -0.1) is 0 Å². The number of ether oxygens (including phenoxy) is 1. The molecule has 0 aromatic carbocycles. The minimum atomic E-state index is -4.96. The minimum Gasteiger partial charge on any atom is -0.481 e. The summed E-state index contributed by atoms with van der Waals surface area (Å²) >= 11 is 0. The van der Waals surface area contributed by atoms with Crippen molar-refractivity contribution >= 4 is 28.0 Å². The van der Waals surface area contributed by atoms with Crippen LogP contribution in [-0.2, 0) is 29.2 Å². The van der Waals surface area contributed by atoms with Crippen molar-refractivity contribution in [2.24, 2.45) is 0 Å². The topological polar surface area (TPSA) is 135 Å². The van der Waals surface area contributed by atoms with Crippen LogP contribution in [0.4, 0.5) is 0 Å². The summed E-state index contributed by atoms with van der Waals surface area (Å²) in [4.78, 5) is 33.7. The van der Waals surface area contributed by atoms with Crippen LogP contribution in [0.1, 0.15) is 90.4 Å². The predicted octanol–water partition coefficient (Wildman–Crippen LogP) is 3.49. The maximum atomic E-state index is 11.6. The van der Waals surface area contributed by atoms with Crippen LogP contribution in [0.2, 0.25) is 0 Å². The molecule has 0 bridgehead atoms. The number of carbonyl (C=O) groups is 3. The molecular formula is C18H32O8S. The van der Waals surface area contributed by atoms with Gasteiger partial charge in [0.15, 0.2) is 5.25 Å². The number of carbonyl (C=O) groups excluding carboxylic acids is 2. The number of esters is 2. The van der Waals surface area contributed by atoms with E-state index in [0.29, 0.717) is 6.42 Å². The highest BCUT2D eigenvalue weighted by molar-refractivity contribution is 7.87. The summed E-state index contributed by atoms with van der Waals surface area (Å²) in [7, 11) is -4.96. The van der Waals surface area contributed by atoms with Crippen molar-refractivity contribution in [3.63, 3.8) is 0 Å². The molecule has 27 heavy (non-hydrogen) atoms. The van der Waals surface area contributed by atoms with E-state index in [1.807, 2.05) is 0 Å². The van der Waals surface area contributed by atoms with Crippen molar-refractivity contribution in [2.75, 3.05) is 0 Å². The van der Waals surface area contributed by atoms with Crippen LogP contribution in [0.25, 0.3) is 0 Å². The highest BCUT2D eigenvalue weighted by Gasteiger charge is 2.36. The summed E-state index contributed by atoms with van der Waals surface area (Å²) in [6.45, 7) is 2.19. The SMILES string of the molecule is CCCCCCCCCCCCCC(=O)OC(=O)C(CC(=O)O)S(=O)(=O)O. The number of unbranched alkanes of at least 4 members (excludes halogenated alkanes) is 10. The number of rotatable bonds is 16. The Balaban J connectivity index is 3.87. The van der Waals surface area contributed by atoms with Gasteiger partial charge in [0, 0.05) is 6.42 Å². The van der Waals surface area contributed by atoms with Gasteiger partial charge in [-0.25, -0.2) is 0 Å². The lowest BCUT2D eigenvalue weighted by atomic mass is 10.1. The van der Waals surface area contributed by atoms with Crippen LogP contribution >= 0.6 is 0 Å². The van der Waals surface area contributed by atoms with Gasteiger partial charge in [0.25, 0.3) is 10.1 Å². The summed E-state index contributed by atoms with van der Waals surface area (Å²) in [5.74, 6) is -4.09. The molecule has 8 nitrogen and oxygen atoms in total. The van der Waals surface area contributed by atoms with Crippen LogP contribution in [0, 0.1) is 0 Å². The smallest absolute Gasteiger partial charge is 0.335 e. The van der Waals surface area contributed by atoms with Gasteiger partial charge in [0.05, 0.1) is 6.42 Å². The van der Waals surface area contributed by atoms with Crippen molar-refractivity contribution in [3.05, 3.63) is 0 Å². The molecule has 0 aromatic heterocycles. The Bertz CT molecular complexity index is 556. The fourth-order valence-electron chi connectivity index (χ4n) is 2.63. The number of carboxylic acid groups (broad SMARTS) is 1. The first-order chi connectivity index (χ1) is 12.7. The van der Waals surface area contributed by atoms with E-state index in [9.17, 15) is 22.8 Å². The summed E-state index contributed by atoms with van der Waals surface area (Å²) in [5.41, 5.74) is 0. The average Bonchev–Trinajstić information content (AvgIpc) is 2.56. The Labute approximate surface area is 161 Å². The van der Waals surface area contributed by atoms with Gasteiger partial charge in [-0.1, -0.05) is 71.1 Å². The normalized spacial score (nSPS) is 12.5. The zero-order chi connectivity index (χ0) is 20.7. The molecule has 0 heterocycles. The molecule has 0 amide bonds. The Hall–Kier alpha value is -1.48. The molecule has 0 aliphatic heterocycles. The van der Waals surface area contributed by atoms with E-state index >= 15 is 0 Å². The van der Waals surface area contributed by atoms with Gasteiger partial charge in [0.2, 0.25) is 0 Å². The molecule has 0 aliphatic rings. The third kappa shape index (κ3) is 14.3. The standard InChI is InChI=1S/C18H32O8S/c1-2-3-4-5-6-7-8-9-10-11-12-13-17(21)26-18(22)15(14-16(19)20)27(23,24)25/h15H,2-14H2,1H3,(H,19,20)(H,23,24,25). The molecule has 0 saturated heterocycles. The van der Waals surface area contributed by atoms with E-state index in [2.05, 4.69) is 11.7 Å². The zero-order valence-electron chi connectivity index (χ0n) is 16.0. The van der Waals surface area contributed by atoms with E-state index in [0.717, 1.165) is 25.7 Å². The fraction of sp³-hybridized carbons (Fsp3) is 0.833. The van der Waals surface area contributed by atoms with Gasteiger partial charge in [-0.05, 0) is 6.42 Å². The van der Waals surface area contributed by atoms with E-state index in [4.69, 9.17) is 9.66 Å². The van der Waals surface area contributed by atoms with Crippen molar-refractivity contribution in [2.45, 2.75) is 95.6 Å². The third-order valence-corrected chi connectivity index (χ3v) is 5.26. The molecule has 0 fully saturated rings. The molecule has 2 N–H and O–H groups in total. The predicted molar refractivity (Wildman–Crippen MR) is 99.8 cm³/mol. The molecule has 0 aliphatic carbocycles. The second-order valence-corrected chi connectivity index (χ2v) is 8.28. The van der Waals surface area contributed by atoms with E-state index in [-0.39, 0.29) is 6.42 Å². The fourth-order valence-corrected chi connectivity index (χ4v) is 3.28. The highest BCUT2D eigenvalue weighted by atomic mass is 32.2. The Kier molecular flexibility index (Phi) is 13.8. The Morgan fingerprint density at radius 3 is 1.70 bits per heavy atom. The molecule has 1 atom stereocenters. The Morgan fingerprint density at radius 1 is 0.852 bits per heavy atom. The van der Waals surface area contributed by atoms with Crippen LogP contribution in [0.5, 0.6) is 0 Å². The summed E-state index contributed by atoms with van der Waals surface area (Å²) < 4.78 is 35.3. The lowest BCUT2D eigenvalue weighted by Crippen LogP contribution is -2.35. The van der Waals surface area contributed by atoms with Crippen LogP contribution < -0.4 is 0 Å². The van der Waals surface area contributed by atoms with Crippen LogP contribution in [0.15, 0.2) is 0 Å². The van der Waals surface area contributed by atoms with E-state index in [1.165, 1.54) is 38.5 Å². The van der Waals surface area contributed by atoms with Crippen LogP contribution in [-0.4, -0.2) is 41.2 Å². The van der Waals surface area contributed by atoms with E-state index < -0.39 is 39.7 Å². The van der Waals surface area contributed by atoms with Gasteiger partial charge >= 0.3 is 17.9 Å². The van der Waals surface area contributed by atoms with Crippen molar-refractivity contribution < 1.29 is 37.2 Å². The Morgan fingerprint density at radius 2 is 1.30 bits per heavy atom. The second-order valence-electron chi connectivity index (χ2n) is 6.68. The second kappa shape index (κ2) is 14.6. The number of aliphatic carboxylic acids is 1. The lowest BCUT2D eigenvalue weighted by molar-refractivity contribution is -0.160. The van der Waals surface area contributed by atoms with Gasteiger partial charge in [0.1, 0.15) is 0 Å². The molecule has 1 unspecified atom stereocenters. The van der Waals surface area contributed by atoms with Gasteiger partial charge < -0.3 is 9.84 Å². The molecule has 0 spiro atoms. The number of hydrogen-bond donors (Lipinski definition) is 2. The maximum Gasteiger partial charge on any atom is 0.335 e. The average molecular weight is 409 g/mol. The molecule has 0 saturated carbocycles. The summed E-state index contributed by atoms with van der Waals surface area (Å²) in [5, 5.41) is 6.28. The minimum absolute atomic E-state index is 0.0615. The maximum absolute atomic E-state index is 11.6. The van der Waals surface area contributed by atoms with Gasteiger partial charge in [-0.2, -0.15) is 8.42 Å². The molecule has 0 rings (SSSR count). The van der Waals surface area contributed by atoms with E-state index in [1.54, 1.807) is 0 Å². The van der Waals surface area contributed by atoms with Crippen molar-refractivity contribution in [3.8, 4) is 0 Å². The summed E-state index contributed by atoms with van der Waals surface area (Å²) in [6.07, 6.45) is 10.8. The first-order valence-electron chi connectivity index (χ1n) is 9.61. The first kappa shape index (κ1) is 25.5. The van der Waals surface area contributed by atoms with Crippen molar-refractivity contribution in [1.82, 2.24) is 0 Å². The molecule has 0 aromatic rings. The van der Waals surface area contributed by atoms with Gasteiger partial charge in [-0.3, -0.25) is 18.9 Å². The monoisotopic (exact) mass is 408 g/mol.